The van der Waals surface area contributed by atoms with E-state index in [2.05, 4.69) is 13.0 Å². The molecular formula is C17H22F2. The fraction of sp³-hybridized carbons (Fsp3) is 0.529. The number of rotatable bonds is 4. The van der Waals surface area contributed by atoms with Crippen molar-refractivity contribution in [2.75, 3.05) is 0 Å². The summed E-state index contributed by atoms with van der Waals surface area (Å²) in [6, 6.07) is 4.33. The standard InChI is InChI=1S/C17H22F2/c1-2-4-13-7-9-14(10-8-13)11-12-15-5-3-6-16(18)17(15)19/h3,5-6,11-14H,2,4,7-10H2,1H3/b12-11+. The van der Waals surface area contributed by atoms with Gasteiger partial charge in [-0.3, -0.25) is 0 Å². The Kier molecular flexibility index (Phi) is 5.12. The lowest BCUT2D eigenvalue weighted by atomic mass is 9.80. The number of halogens is 2. The average Bonchev–Trinajstić information content (AvgIpc) is 2.42. The Balaban J connectivity index is 1.91. The minimum atomic E-state index is -0.770. The van der Waals surface area contributed by atoms with Crippen molar-refractivity contribution in [3.63, 3.8) is 0 Å². The minimum Gasteiger partial charge on any atom is -0.204 e. The SMILES string of the molecule is CCCC1CCC(/C=C/c2cccc(F)c2F)CC1. The van der Waals surface area contributed by atoms with Crippen LogP contribution in [-0.4, -0.2) is 0 Å². The first kappa shape index (κ1) is 14.2. The second kappa shape index (κ2) is 6.83. The molecule has 2 rings (SSSR count). The van der Waals surface area contributed by atoms with Gasteiger partial charge in [-0.1, -0.05) is 44.1 Å². The van der Waals surface area contributed by atoms with Gasteiger partial charge in [0.2, 0.25) is 0 Å². The highest BCUT2D eigenvalue weighted by molar-refractivity contribution is 5.50. The van der Waals surface area contributed by atoms with Crippen molar-refractivity contribution in [3.8, 4) is 0 Å². The Morgan fingerprint density at radius 1 is 1.16 bits per heavy atom. The van der Waals surface area contributed by atoms with Gasteiger partial charge >= 0.3 is 0 Å². The molecule has 0 amide bonds. The zero-order valence-corrected chi connectivity index (χ0v) is 11.5. The number of benzene rings is 1. The molecule has 19 heavy (non-hydrogen) atoms. The largest absolute Gasteiger partial charge is 0.204 e. The summed E-state index contributed by atoms with van der Waals surface area (Å²) in [6.07, 6.45) is 11.3. The Morgan fingerprint density at radius 3 is 2.58 bits per heavy atom. The maximum Gasteiger partial charge on any atom is 0.166 e. The van der Waals surface area contributed by atoms with E-state index in [0.717, 1.165) is 12.0 Å². The van der Waals surface area contributed by atoms with E-state index in [1.807, 2.05) is 0 Å². The monoisotopic (exact) mass is 264 g/mol. The van der Waals surface area contributed by atoms with Crippen LogP contribution in [0.3, 0.4) is 0 Å². The lowest BCUT2D eigenvalue weighted by molar-refractivity contribution is 0.295. The van der Waals surface area contributed by atoms with E-state index in [4.69, 9.17) is 0 Å². The van der Waals surface area contributed by atoms with Crippen LogP contribution in [0.15, 0.2) is 24.3 Å². The van der Waals surface area contributed by atoms with Crippen LogP contribution < -0.4 is 0 Å². The summed E-state index contributed by atoms with van der Waals surface area (Å²) in [5.41, 5.74) is 0.357. The van der Waals surface area contributed by atoms with E-state index in [9.17, 15) is 8.78 Å². The molecule has 1 aliphatic rings. The molecule has 1 aliphatic carbocycles. The smallest absolute Gasteiger partial charge is 0.166 e. The molecule has 0 atom stereocenters. The minimum absolute atomic E-state index is 0.357. The molecule has 0 radical (unpaired) electrons. The molecule has 0 unspecified atom stereocenters. The molecule has 1 saturated carbocycles. The molecule has 1 fully saturated rings. The van der Waals surface area contributed by atoms with Crippen molar-refractivity contribution in [2.24, 2.45) is 11.8 Å². The topological polar surface area (TPSA) is 0 Å². The molecule has 0 aromatic heterocycles. The fourth-order valence-corrected chi connectivity index (χ4v) is 2.97. The molecule has 2 heteroatoms. The summed E-state index contributed by atoms with van der Waals surface area (Å²) in [5.74, 6) is -0.108. The second-order valence-corrected chi connectivity index (χ2v) is 5.57. The Bertz CT molecular complexity index is 429. The fourth-order valence-electron chi connectivity index (χ4n) is 2.97. The van der Waals surface area contributed by atoms with Gasteiger partial charge in [-0.05, 0) is 43.6 Å². The first-order chi connectivity index (χ1) is 9.20. The van der Waals surface area contributed by atoms with Gasteiger partial charge in [-0.2, -0.15) is 0 Å². The first-order valence-corrected chi connectivity index (χ1v) is 7.33. The molecule has 0 bridgehead atoms. The van der Waals surface area contributed by atoms with Crippen molar-refractivity contribution >= 4 is 6.08 Å². The van der Waals surface area contributed by atoms with Crippen molar-refractivity contribution in [1.82, 2.24) is 0 Å². The maximum absolute atomic E-state index is 13.5. The van der Waals surface area contributed by atoms with E-state index in [1.54, 1.807) is 18.2 Å². The van der Waals surface area contributed by atoms with E-state index < -0.39 is 11.6 Å². The molecule has 104 valence electrons. The predicted molar refractivity (Wildman–Crippen MR) is 75.7 cm³/mol. The van der Waals surface area contributed by atoms with Gasteiger partial charge < -0.3 is 0 Å². The molecule has 0 N–H and O–H groups in total. The lowest BCUT2D eigenvalue weighted by Crippen LogP contribution is -2.12. The lowest BCUT2D eigenvalue weighted by Gasteiger charge is -2.26. The van der Waals surface area contributed by atoms with Crippen LogP contribution in [0.5, 0.6) is 0 Å². The molecule has 0 spiro atoms. The van der Waals surface area contributed by atoms with Crippen molar-refractivity contribution in [2.45, 2.75) is 45.4 Å². The van der Waals surface area contributed by atoms with Crippen molar-refractivity contribution in [3.05, 3.63) is 41.5 Å². The quantitative estimate of drug-likeness (QED) is 0.665. The Hall–Kier alpha value is -1.18. The van der Waals surface area contributed by atoms with E-state index in [-0.39, 0.29) is 0 Å². The van der Waals surface area contributed by atoms with Gasteiger partial charge in [0.25, 0.3) is 0 Å². The number of hydrogen-bond donors (Lipinski definition) is 0. The van der Waals surface area contributed by atoms with Crippen LogP contribution in [0.1, 0.15) is 51.0 Å². The summed E-state index contributed by atoms with van der Waals surface area (Å²) in [5, 5.41) is 0. The molecule has 0 aliphatic heterocycles. The summed E-state index contributed by atoms with van der Waals surface area (Å²) in [4.78, 5) is 0. The van der Waals surface area contributed by atoms with Gasteiger partial charge in [-0.25, -0.2) is 8.78 Å². The third-order valence-corrected chi connectivity index (χ3v) is 4.12. The third-order valence-electron chi connectivity index (χ3n) is 4.12. The van der Waals surface area contributed by atoms with Gasteiger partial charge in [0.1, 0.15) is 0 Å². The van der Waals surface area contributed by atoms with Gasteiger partial charge in [0.15, 0.2) is 11.6 Å². The third kappa shape index (κ3) is 3.89. The van der Waals surface area contributed by atoms with Crippen LogP contribution in [0.2, 0.25) is 0 Å². The van der Waals surface area contributed by atoms with Crippen LogP contribution in [0.4, 0.5) is 8.78 Å². The van der Waals surface area contributed by atoms with E-state index >= 15 is 0 Å². The van der Waals surface area contributed by atoms with Crippen LogP contribution in [-0.2, 0) is 0 Å². The van der Waals surface area contributed by atoms with E-state index in [0.29, 0.717) is 11.5 Å². The van der Waals surface area contributed by atoms with E-state index in [1.165, 1.54) is 38.5 Å². The average molecular weight is 264 g/mol. The highest BCUT2D eigenvalue weighted by atomic mass is 19.2. The summed E-state index contributed by atoms with van der Waals surface area (Å²) < 4.78 is 26.6. The highest BCUT2D eigenvalue weighted by Gasteiger charge is 2.18. The predicted octanol–water partition coefficient (Wildman–Crippen LogP) is 5.58. The van der Waals surface area contributed by atoms with Crippen LogP contribution >= 0.6 is 0 Å². The molecule has 0 heterocycles. The molecular weight excluding hydrogens is 242 g/mol. The highest BCUT2D eigenvalue weighted by Crippen LogP contribution is 2.32. The van der Waals surface area contributed by atoms with Gasteiger partial charge in [0.05, 0.1) is 0 Å². The van der Waals surface area contributed by atoms with Crippen molar-refractivity contribution in [1.29, 1.82) is 0 Å². The number of allylic oxidation sites excluding steroid dienone is 1. The maximum atomic E-state index is 13.5. The van der Waals surface area contributed by atoms with Gasteiger partial charge in [0, 0.05) is 5.56 Å². The van der Waals surface area contributed by atoms with Crippen molar-refractivity contribution < 1.29 is 8.78 Å². The molecule has 0 saturated heterocycles. The van der Waals surface area contributed by atoms with Gasteiger partial charge in [-0.15, -0.1) is 0 Å². The zero-order chi connectivity index (χ0) is 13.7. The zero-order valence-electron chi connectivity index (χ0n) is 11.5. The summed E-state index contributed by atoms with van der Waals surface area (Å²) >= 11 is 0. The Morgan fingerprint density at radius 2 is 1.89 bits per heavy atom. The normalized spacial score (nSPS) is 23.9. The second-order valence-electron chi connectivity index (χ2n) is 5.57. The van der Waals surface area contributed by atoms with Crippen LogP contribution in [0.25, 0.3) is 6.08 Å². The molecule has 1 aromatic rings. The van der Waals surface area contributed by atoms with Crippen LogP contribution in [0, 0.1) is 23.5 Å². The molecule has 1 aromatic carbocycles. The summed E-state index contributed by atoms with van der Waals surface area (Å²) in [7, 11) is 0. The first-order valence-electron chi connectivity index (χ1n) is 7.33. The summed E-state index contributed by atoms with van der Waals surface area (Å²) in [6.45, 7) is 2.23. The number of hydrogen-bond acceptors (Lipinski definition) is 0. The Labute approximate surface area is 114 Å². The molecule has 0 nitrogen and oxygen atoms in total.